The molecule has 186 valence electrons. The van der Waals surface area contributed by atoms with Crippen molar-refractivity contribution in [3.63, 3.8) is 0 Å². The largest absolute Gasteiger partial charge is 0.494 e. The first-order valence-corrected chi connectivity index (χ1v) is 12.4. The smallest absolute Gasteiger partial charge is 0.273 e. The van der Waals surface area contributed by atoms with Crippen molar-refractivity contribution < 1.29 is 23.7 Å². The summed E-state index contributed by atoms with van der Waals surface area (Å²) in [6.07, 6.45) is 0. The summed E-state index contributed by atoms with van der Waals surface area (Å²) in [6.45, 7) is 6.10. The van der Waals surface area contributed by atoms with Crippen molar-refractivity contribution in [2.45, 2.75) is 13.5 Å². The van der Waals surface area contributed by atoms with Crippen LogP contribution in [-0.2, 0) is 6.54 Å². The van der Waals surface area contributed by atoms with Gasteiger partial charge in [0.15, 0.2) is 11.5 Å². The van der Waals surface area contributed by atoms with E-state index in [0.29, 0.717) is 49.2 Å². The zero-order valence-corrected chi connectivity index (χ0v) is 21.4. The summed E-state index contributed by atoms with van der Waals surface area (Å²) in [6, 6.07) is 11.7. The van der Waals surface area contributed by atoms with Crippen LogP contribution >= 0.6 is 11.3 Å². The van der Waals surface area contributed by atoms with Gasteiger partial charge in [-0.3, -0.25) is 9.69 Å². The molecule has 2 heterocycles. The van der Waals surface area contributed by atoms with E-state index in [-0.39, 0.29) is 5.91 Å². The maximum absolute atomic E-state index is 13.1. The number of ether oxygens (including phenoxy) is 4. The average Bonchev–Trinajstić information content (AvgIpc) is 3.39. The quantitative estimate of drug-likeness (QED) is 0.439. The zero-order chi connectivity index (χ0) is 24.8. The summed E-state index contributed by atoms with van der Waals surface area (Å²) in [4.78, 5) is 21.9. The van der Waals surface area contributed by atoms with Crippen LogP contribution in [0.5, 0.6) is 23.0 Å². The highest BCUT2D eigenvalue weighted by Crippen LogP contribution is 2.40. The molecule has 0 atom stereocenters. The normalized spacial score (nSPS) is 14.0. The Morgan fingerprint density at radius 3 is 2.29 bits per heavy atom. The van der Waals surface area contributed by atoms with E-state index < -0.39 is 0 Å². The van der Waals surface area contributed by atoms with Crippen LogP contribution in [0.15, 0.2) is 41.8 Å². The predicted molar refractivity (Wildman–Crippen MR) is 136 cm³/mol. The van der Waals surface area contributed by atoms with Crippen LogP contribution in [0, 0.1) is 0 Å². The van der Waals surface area contributed by atoms with Crippen LogP contribution in [-0.4, -0.2) is 74.8 Å². The number of amides is 1. The summed E-state index contributed by atoms with van der Waals surface area (Å²) >= 11 is 1.48. The first-order chi connectivity index (χ1) is 17.1. The molecule has 9 heteroatoms. The maximum atomic E-state index is 13.1. The SMILES string of the molecule is CCOc1ccc(-c2nc(C(=O)N3CCN(Cc4ccc(OC)c(OC)c4OC)CC3)cs2)cc1. The molecule has 4 rings (SSSR count). The number of methoxy groups -OCH3 is 3. The minimum Gasteiger partial charge on any atom is -0.494 e. The molecule has 1 fully saturated rings. The Morgan fingerprint density at radius 1 is 0.943 bits per heavy atom. The number of benzene rings is 2. The van der Waals surface area contributed by atoms with Crippen LogP contribution in [0.4, 0.5) is 0 Å². The molecule has 1 aliphatic heterocycles. The molecule has 0 bridgehead atoms. The van der Waals surface area contributed by atoms with Gasteiger partial charge in [-0.25, -0.2) is 4.98 Å². The second kappa shape index (κ2) is 11.4. The number of carbonyl (C=O) groups excluding carboxylic acids is 1. The van der Waals surface area contributed by atoms with Gasteiger partial charge in [0.25, 0.3) is 5.91 Å². The van der Waals surface area contributed by atoms with Gasteiger partial charge < -0.3 is 23.8 Å². The van der Waals surface area contributed by atoms with Crippen molar-refractivity contribution in [3.05, 3.63) is 53.0 Å². The average molecular weight is 498 g/mol. The van der Waals surface area contributed by atoms with Gasteiger partial charge >= 0.3 is 0 Å². The molecular formula is C26H31N3O5S. The minimum atomic E-state index is -0.0261. The molecular weight excluding hydrogens is 466 g/mol. The van der Waals surface area contributed by atoms with Gasteiger partial charge in [0.1, 0.15) is 16.5 Å². The Bertz CT molecular complexity index is 1140. The second-order valence-electron chi connectivity index (χ2n) is 8.06. The molecule has 8 nitrogen and oxygen atoms in total. The number of piperazine rings is 1. The van der Waals surface area contributed by atoms with Gasteiger partial charge in [0, 0.05) is 49.2 Å². The van der Waals surface area contributed by atoms with Crippen molar-refractivity contribution in [2.75, 3.05) is 54.1 Å². The topological polar surface area (TPSA) is 73.4 Å². The number of thiazole rings is 1. The first-order valence-electron chi connectivity index (χ1n) is 11.6. The molecule has 1 aliphatic rings. The van der Waals surface area contributed by atoms with Crippen molar-refractivity contribution >= 4 is 17.2 Å². The lowest BCUT2D eigenvalue weighted by Crippen LogP contribution is -2.48. The van der Waals surface area contributed by atoms with Crippen molar-refractivity contribution in [2.24, 2.45) is 0 Å². The highest BCUT2D eigenvalue weighted by Gasteiger charge is 2.25. The first kappa shape index (κ1) is 24.8. The Kier molecular flexibility index (Phi) is 8.09. The summed E-state index contributed by atoms with van der Waals surface area (Å²) in [7, 11) is 4.85. The fourth-order valence-corrected chi connectivity index (χ4v) is 4.96. The van der Waals surface area contributed by atoms with Gasteiger partial charge in [-0.05, 0) is 37.3 Å². The molecule has 0 radical (unpaired) electrons. The molecule has 0 spiro atoms. The van der Waals surface area contributed by atoms with Crippen LogP contribution in [0.3, 0.4) is 0 Å². The van der Waals surface area contributed by atoms with Crippen LogP contribution < -0.4 is 18.9 Å². The number of rotatable bonds is 9. The Balaban J connectivity index is 1.37. The van der Waals surface area contributed by atoms with Gasteiger partial charge in [-0.2, -0.15) is 0 Å². The molecule has 1 aromatic heterocycles. The van der Waals surface area contributed by atoms with Crippen LogP contribution in [0.2, 0.25) is 0 Å². The molecule has 3 aromatic rings. The lowest BCUT2D eigenvalue weighted by Gasteiger charge is -2.34. The second-order valence-corrected chi connectivity index (χ2v) is 8.92. The molecule has 1 saturated heterocycles. The van der Waals surface area contributed by atoms with E-state index in [2.05, 4.69) is 9.88 Å². The molecule has 35 heavy (non-hydrogen) atoms. The number of hydrogen-bond acceptors (Lipinski definition) is 8. The number of aromatic nitrogens is 1. The Labute approximate surface area is 210 Å². The lowest BCUT2D eigenvalue weighted by molar-refractivity contribution is 0.0622. The lowest BCUT2D eigenvalue weighted by atomic mass is 10.1. The summed E-state index contributed by atoms with van der Waals surface area (Å²) < 4.78 is 22.0. The Hall–Kier alpha value is -3.30. The summed E-state index contributed by atoms with van der Waals surface area (Å²) in [5.41, 5.74) is 2.49. The molecule has 0 unspecified atom stereocenters. The van der Waals surface area contributed by atoms with Gasteiger partial charge in [0.2, 0.25) is 5.75 Å². The van der Waals surface area contributed by atoms with Gasteiger partial charge in [0.05, 0.1) is 27.9 Å². The van der Waals surface area contributed by atoms with E-state index >= 15 is 0 Å². The highest BCUT2D eigenvalue weighted by molar-refractivity contribution is 7.13. The number of hydrogen-bond donors (Lipinski definition) is 0. The molecule has 0 saturated carbocycles. The van der Waals surface area contributed by atoms with Crippen LogP contribution in [0.1, 0.15) is 23.0 Å². The van der Waals surface area contributed by atoms with Crippen LogP contribution in [0.25, 0.3) is 10.6 Å². The number of carbonyl (C=O) groups is 1. The third kappa shape index (κ3) is 5.52. The molecule has 1 amide bonds. The van der Waals surface area contributed by atoms with Crippen molar-refractivity contribution in [1.82, 2.24) is 14.8 Å². The highest BCUT2D eigenvalue weighted by atomic mass is 32.1. The van der Waals surface area contributed by atoms with E-state index in [9.17, 15) is 4.79 Å². The van der Waals surface area contributed by atoms with Gasteiger partial charge in [-0.15, -0.1) is 11.3 Å². The van der Waals surface area contributed by atoms with E-state index in [0.717, 1.165) is 35.0 Å². The third-order valence-corrected chi connectivity index (χ3v) is 6.87. The molecule has 0 aliphatic carbocycles. The summed E-state index contributed by atoms with van der Waals surface area (Å²) in [5, 5.41) is 2.67. The number of nitrogens with zero attached hydrogens (tertiary/aromatic N) is 3. The fourth-order valence-electron chi connectivity index (χ4n) is 4.16. The van der Waals surface area contributed by atoms with E-state index in [1.54, 1.807) is 21.3 Å². The molecule has 0 N–H and O–H groups in total. The third-order valence-electron chi connectivity index (χ3n) is 5.97. The van der Waals surface area contributed by atoms with Crippen molar-refractivity contribution in [1.29, 1.82) is 0 Å². The maximum Gasteiger partial charge on any atom is 0.273 e. The van der Waals surface area contributed by atoms with Crippen molar-refractivity contribution in [3.8, 4) is 33.6 Å². The van der Waals surface area contributed by atoms with Gasteiger partial charge in [-0.1, -0.05) is 6.07 Å². The zero-order valence-electron chi connectivity index (χ0n) is 20.6. The fraction of sp³-hybridized carbons (Fsp3) is 0.385. The van der Waals surface area contributed by atoms with E-state index in [4.69, 9.17) is 18.9 Å². The minimum absolute atomic E-state index is 0.0261. The summed E-state index contributed by atoms with van der Waals surface area (Å²) in [5.74, 6) is 2.70. The Morgan fingerprint density at radius 2 is 1.66 bits per heavy atom. The van der Waals surface area contributed by atoms with E-state index in [1.807, 2.05) is 53.6 Å². The predicted octanol–water partition coefficient (Wildman–Crippen LogP) is 4.19. The standard InChI is InChI=1S/C26H31N3O5S/c1-5-34-20-9-6-18(7-10-20)25-27-21(17-35-25)26(30)29-14-12-28(13-15-29)16-19-8-11-22(31-2)24(33-4)23(19)32-3/h6-11,17H,5,12-16H2,1-4H3. The van der Waals surface area contributed by atoms with E-state index in [1.165, 1.54) is 11.3 Å². The monoisotopic (exact) mass is 497 g/mol. The molecule has 2 aromatic carbocycles.